The molecule has 3 aromatic heterocycles. The molecule has 1 aliphatic rings. The van der Waals surface area contributed by atoms with E-state index in [-0.39, 0.29) is 0 Å². The van der Waals surface area contributed by atoms with E-state index in [1.54, 1.807) is 37.2 Å². The second-order valence-electron chi connectivity index (χ2n) is 5.88. The van der Waals surface area contributed by atoms with E-state index in [2.05, 4.69) is 40.1 Å². The van der Waals surface area contributed by atoms with Crippen LogP contribution in [0.3, 0.4) is 0 Å². The van der Waals surface area contributed by atoms with Crippen LogP contribution in [-0.4, -0.2) is 43.0 Å². The Morgan fingerprint density at radius 2 is 1.76 bits per heavy atom. The fourth-order valence-corrected chi connectivity index (χ4v) is 2.96. The van der Waals surface area contributed by atoms with Gasteiger partial charge in [-0.1, -0.05) is 0 Å². The zero-order valence-corrected chi connectivity index (χ0v) is 13.7. The predicted molar refractivity (Wildman–Crippen MR) is 93.6 cm³/mol. The Bertz CT molecular complexity index is 794. The van der Waals surface area contributed by atoms with Crippen molar-refractivity contribution in [3.8, 4) is 0 Å². The molecule has 1 aliphatic heterocycles. The van der Waals surface area contributed by atoms with E-state index in [0.29, 0.717) is 17.6 Å². The Labute approximate surface area is 145 Å². The van der Waals surface area contributed by atoms with E-state index in [1.807, 2.05) is 12.3 Å². The molecule has 0 aliphatic carbocycles. The Morgan fingerprint density at radius 1 is 0.880 bits per heavy atom. The lowest BCUT2D eigenvalue weighted by Gasteiger charge is -2.32. The van der Waals surface area contributed by atoms with Crippen LogP contribution in [0.4, 0.5) is 17.6 Å². The van der Waals surface area contributed by atoms with Crippen molar-refractivity contribution in [1.29, 1.82) is 0 Å². The number of hydrogen-bond acceptors (Lipinski definition) is 8. The summed E-state index contributed by atoms with van der Waals surface area (Å²) in [5.74, 6) is 2.41. The average molecular weight is 334 g/mol. The van der Waals surface area contributed by atoms with Crippen molar-refractivity contribution < 1.29 is 0 Å². The fourth-order valence-electron chi connectivity index (χ4n) is 2.96. The van der Waals surface area contributed by atoms with Crippen LogP contribution in [0.5, 0.6) is 0 Å². The van der Waals surface area contributed by atoms with Gasteiger partial charge < -0.3 is 10.2 Å². The van der Waals surface area contributed by atoms with Gasteiger partial charge in [0.25, 0.3) is 0 Å². The lowest BCUT2D eigenvalue weighted by molar-refractivity contribution is 0.494. The highest BCUT2D eigenvalue weighted by atomic mass is 15.3. The van der Waals surface area contributed by atoms with Gasteiger partial charge in [0.1, 0.15) is 11.6 Å². The summed E-state index contributed by atoms with van der Waals surface area (Å²) in [7, 11) is 0. The summed E-state index contributed by atoms with van der Waals surface area (Å²) in [6.07, 6.45) is 14.2. The van der Waals surface area contributed by atoms with Crippen molar-refractivity contribution in [2.24, 2.45) is 0 Å². The van der Waals surface area contributed by atoms with Gasteiger partial charge in [0, 0.05) is 43.8 Å². The van der Waals surface area contributed by atoms with Gasteiger partial charge in [-0.3, -0.25) is 9.97 Å². The molecule has 0 bridgehead atoms. The summed E-state index contributed by atoms with van der Waals surface area (Å²) in [6.45, 7) is 1.83. The third-order valence-electron chi connectivity index (χ3n) is 4.17. The molecule has 25 heavy (non-hydrogen) atoms. The monoisotopic (exact) mass is 334 g/mol. The molecule has 0 saturated carbocycles. The van der Waals surface area contributed by atoms with Crippen molar-refractivity contribution in [1.82, 2.24) is 29.9 Å². The van der Waals surface area contributed by atoms with Crippen LogP contribution in [0.2, 0.25) is 0 Å². The van der Waals surface area contributed by atoms with Crippen molar-refractivity contribution in [2.75, 3.05) is 23.3 Å². The predicted octanol–water partition coefficient (Wildman–Crippen LogP) is 2.18. The van der Waals surface area contributed by atoms with Gasteiger partial charge in [0.05, 0.1) is 24.3 Å². The molecule has 126 valence electrons. The van der Waals surface area contributed by atoms with Crippen molar-refractivity contribution >= 4 is 17.6 Å². The van der Waals surface area contributed by atoms with Crippen molar-refractivity contribution in [3.63, 3.8) is 0 Å². The van der Waals surface area contributed by atoms with Crippen molar-refractivity contribution in [3.05, 3.63) is 55.1 Å². The highest BCUT2D eigenvalue weighted by Gasteiger charge is 2.24. The Morgan fingerprint density at radius 3 is 2.52 bits per heavy atom. The normalized spacial score (nSPS) is 17.3. The summed E-state index contributed by atoms with van der Waals surface area (Å²) in [5, 5.41) is 3.09. The minimum absolute atomic E-state index is 0.329. The zero-order valence-electron chi connectivity index (χ0n) is 13.7. The molecule has 0 unspecified atom stereocenters. The summed E-state index contributed by atoms with van der Waals surface area (Å²) in [5.41, 5.74) is 0.991. The topological polar surface area (TPSA) is 92.6 Å². The molecule has 8 heteroatoms. The largest absolute Gasteiger partial charge is 0.340 e. The van der Waals surface area contributed by atoms with Gasteiger partial charge in [-0.05, 0) is 18.9 Å². The van der Waals surface area contributed by atoms with Crippen LogP contribution in [0, 0.1) is 0 Å². The lowest BCUT2D eigenvalue weighted by Crippen LogP contribution is -2.35. The molecule has 1 saturated heterocycles. The van der Waals surface area contributed by atoms with E-state index in [0.717, 1.165) is 37.6 Å². The Balaban J connectivity index is 1.44. The molecule has 1 N–H and O–H groups in total. The smallest absolute Gasteiger partial charge is 0.225 e. The lowest BCUT2D eigenvalue weighted by atomic mass is 9.95. The number of aromatic nitrogens is 6. The van der Waals surface area contributed by atoms with Crippen molar-refractivity contribution in [2.45, 2.75) is 18.8 Å². The number of anilines is 3. The van der Waals surface area contributed by atoms with Gasteiger partial charge in [-0.2, -0.15) is 0 Å². The zero-order chi connectivity index (χ0) is 16.9. The maximum absolute atomic E-state index is 4.59. The molecule has 0 spiro atoms. The number of hydrogen-bond donors (Lipinski definition) is 1. The van der Waals surface area contributed by atoms with Crippen LogP contribution in [0.25, 0.3) is 0 Å². The van der Waals surface area contributed by atoms with E-state index in [1.165, 1.54) is 0 Å². The molecule has 8 nitrogen and oxygen atoms in total. The van der Waals surface area contributed by atoms with Crippen LogP contribution in [-0.2, 0) is 0 Å². The first-order valence-electron chi connectivity index (χ1n) is 8.25. The van der Waals surface area contributed by atoms with Gasteiger partial charge in [-0.15, -0.1) is 0 Å². The van der Waals surface area contributed by atoms with Gasteiger partial charge >= 0.3 is 0 Å². The van der Waals surface area contributed by atoms with E-state index < -0.39 is 0 Å². The molecular weight excluding hydrogens is 316 g/mol. The Kier molecular flexibility index (Phi) is 4.40. The Hall–Kier alpha value is -3.16. The molecule has 1 fully saturated rings. The summed E-state index contributed by atoms with van der Waals surface area (Å²) >= 11 is 0. The molecule has 3 aromatic rings. The molecule has 0 radical (unpaired) electrons. The number of piperidine rings is 1. The summed E-state index contributed by atoms with van der Waals surface area (Å²) in [6, 6.07) is 1.83. The number of nitrogens with one attached hydrogen (secondary N) is 1. The van der Waals surface area contributed by atoms with Gasteiger partial charge in [0.15, 0.2) is 0 Å². The highest BCUT2D eigenvalue weighted by molar-refractivity contribution is 5.48. The quantitative estimate of drug-likeness (QED) is 0.776. The fraction of sp³-hybridized carbons (Fsp3) is 0.294. The average Bonchev–Trinajstić information content (AvgIpc) is 2.70. The SMILES string of the molecule is c1cnc(N2CCC[C@H](c3cnc(Nc4cnccn4)cn3)C2)nc1. The minimum atomic E-state index is 0.329. The van der Waals surface area contributed by atoms with E-state index >= 15 is 0 Å². The van der Waals surface area contributed by atoms with E-state index in [9.17, 15) is 0 Å². The highest BCUT2D eigenvalue weighted by Crippen LogP contribution is 2.27. The van der Waals surface area contributed by atoms with Crippen LogP contribution < -0.4 is 10.2 Å². The first kappa shape index (κ1) is 15.4. The first-order chi connectivity index (χ1) is 12.4. The third-order valence-corrected chi connectivity index (χ3v) is 4.17. The van der Waals surface area contributed by atoms with Gasteiger partial charge in [0.2, 0.25) is 5.95 Å². The molecule has 1 atom stereocenters. The molecule has 4 heterocycles. The van der Waals surface area contributed by atoms with Crippen LogP contribution >= 0.6 is 0 Å². The van der Waals surface area contributed by atoms with Crippen LogP contribution in [0.15, 0.2) is 49.4 Å². The maximum Gasteiger partial charge on any atom is 0.225 e. The number of nitrogens with zero attached hydrogens (tertiary/aromatic N) is 7. The summed E-state index contributed by atoms with van der Waals surface area (Å²) < 4.78 is 0. The second kappa shape index (κ2) is 7.16. The molecule has 0 aromatic carbocycles. The summed E-state index contributed by atoms with van der Waals surface area (Å²) in [4.78, 5) is 28.1. The van der Waals surface area contributed by atoms with E-state index in [4.69, 9.17) is 0 Å². The standard InChI is InChI=1S/C17H18N8/c1-3-13(12-25(8-1)17-20-4-2-5-21-17)14-9-23-16(11-22-14)24-15-10-18-6-7-19-15/h2,4-7,9-11,13H,1,3,8,12H2,(H,19,23,24)/t13-/m0/s1. The molecule has 0 amide bonds. The molecular formula is C17H18N8. The number of rotatable bonds is 4. The minimum Gasteiger partial charge on any atom is -0.340 e. The molecule has 4 rings (SSSR count). The third kappa shape index (κ3) is 3.68. The second-order valence-corrected chi connectivity index (χ2v) is 5.88. The van der Waals surface area contributed by atoms with Crippen LogP contribution in [0.1, 0.15) is 24.5 Å². The first-order valence-corrected chi connectivity index (χ1v) is 8.25. The van der Waals surface area contributed by atoms with Gasteiger partial charge in [-0.25, -0.2) is 19.9 Å². The maximum atomic E-state index is 4.59.